The summed E-state index contributed by atoms with van der Waals surface area (Å²) in [5.74, 6) is 0.181. The van der Waals surface area contributed by atoms with Crippen LogP contribution >= 0.6 is 0 Å². The lowest BCUT2D eigenvalue weighted by molar-refractivity contribution is 0.0232. The lowest BCUT2D eigenvalue weighted by Gasteiger charge is -2.29. The number of hydrogen-bond acceptors (Lipinski definition) is 3. The lowest BCUT2D eigenvalue weighted by Crippen LogP contribution is -2.35. The number of hydrogen-bond donors (Lipinski definition) is 1. The van der Waals surface area contributed by atoms with Crippen LogP contribution in [0.5, 0.6) is 5.75 Å². The number of rotatable bonds is 2. The Kier molecular flexibility index (Phi) is 4.22. The molecule has 1 amide bonds. The van der Waals surface area contributed by atoms with Crippen molar-refractivity contribution in [3.05, 3.63) is 29.8 Å². The summed E-state index contributed by atoms with van der Waals surface area (Å²) in [6.07, 6.45) is -0.404. The van der Waals surface area contributed by atoms with E-state index in [1.807, 2.05) is 33.8 Å². The molecule has 1 N–H and O–H groups in total. The van der Waals surface area contributed by atoms with Crippen LogP contribution in [-0.4, -0.2) is 28.7 Å². The van der Waals surface area contributed by atoms with Gasteiger partial charge in [-0.3, -0.25) is 0 Å². The molecule has 4 heteroatoms. The minimum Gasteiger partial charge on any atom is -0.508 e. The minimum atomic E-state index is -0.524. The van der Waals surface area contributed by atoms with Crippen LogP contribution in [0.4, 0.5) is 4.79 Å². The third-order valence-corrected chi connectivity index (χ3v) is 2.65. The monoisotopic (exact) mass is 251 g/mol. The summed E-state index contributed by atoms with van der Waals surface area (Å²) >= 11 is 0. The van der Waals surface area contributed by atoms with E-state index < -0.39 is 11.7 Å². The SMILES string of the molecule is CC(c1ccccc1O)N(C)C(=O)OC(C)(C)C. The third-order valence-electron chi connectivity index (χ3n) is 2.65. The standard InChI is InChI=1S/C14H21NO3/c1-10(11-8-6-7-9-12(11)16)15(5)13(17)18-14(2,3)4/h6-10,16H,1-5H3. The van der Waals surface area contributed by atoms with Crippen molar-refractivity contribution in [1.29, 1.82) is 0 Å². The number of nitrogens with zero attached hydrogens (tertiary/aromatic N) is 1. The molecule has 0 aliphatic heterocycles. The first-order chi connectivity index (χ1) is 8.22. The van der Waals surface area contributed by atoms with Gasteiger partial charge in [-0.05, 0) is 33.8 Å². The Morgan fingerprint density at radius 2 is 1.89 bits per heavy atom. The first kappa shape index (κ1) is 14.4. The van der Waals surface area contributed by atoms with Gasteiger partial charge >= 0.3 is 6.09 Å². The number of phenols is 1. The third kappa shape index (κ3) is 3.65. The summed E-state index contributed by atoms with van der Waals surface area (Å²) in [6, 6.07) is 6.73. The molecule has 1 aromatic rings. The highest BCUT2D eigenvalue weighted by Crippen LogP contribution is 2.28. The van der Waals surface area contributed by atoms with Crippen molar-refractivity contribution in [3.8, 4) is 5.75 Å². The molecule has 0 fully saturated rings. The van der Waals surface area contributed by atoms with Crippen LogP contribution in [0.3, 0.4) is 0 Å². The Balaban J connectivity index is 2.82. The van der Waals surface area contributed by atoms with Gasteiger partial charge in [0.05, 0.1) is 6.04 Å². The van der Waals surface area contributed by atoms with Gasteiger partial charge in [-0.1, -0.05) is 18.2 Å². The maximum atomic E-state index is 11.9. The zero-order valence-corrected chi connectivity index (χ0v) is 11.6. The van der Waals surface area contributed by atoms with Gasteiger partial charge < -0.3 is 14.7 Å². The lowest BCUT2D eigenvalue weighted by atomic mass is 10.1. The molecule has 18 heavy (non-hydrogen) atoms. The van der Waals surface area contributed by atoms with E-state index in [9.17, 15) is 9.90 Å². The number of carbonyl (C=O) groups is 1. The molecular formula is C14H21NO3. The van der Waals surface area contributed by atoms with E-state index in [0.29, 0.717) is 5.56 Å². The number of para-hydroxylation sites is 1. The van der Waals surface area contributed by atoms with Gasteiger partial charge in [0.2, 0.25) is 0 Å². The Morgan fingerprint density at radius 3 is 2.39 bits per heavy atom. The van der Waals surface area contributed by atoms with Gasteiger partial charge in [-0.25, -0.2) is 4.79 Å². The summed E-state index contributed by atoms with van der Waals surface area (Å²) in [6.45, 7) is 7.31. The molecule has 0 saturated heterocycles. The summed E-state index contributed by atoms with van der Waals surface area (Å²) in [4.78, 5) is 13.4. The van der Waals surface area contributed by atoms with E-state index in [1.54, 1.807) is 25.2 Å². The minimum absolute atomic E-state index is 0.181. The van der Waals surface area contributed by atoms with Crippen molar-refractivity contribution in [2.24, 2.45) is 0 Å². The van der Waals surface area contributed by atoms with Crippen molar-refractivity contribution in [2.45, 2.75) is 39.3 Å². The highest BCUT2D eigenvalue weighted by Gasteiger charge is 2.24. The summed E-state index contributed by atoms with van der Waals surface area (Å²) < 4.78 is 5.29. The molecule has 0 heterocycles. The first-order valence-electron chi connectivity index (χ1n) is 5.96. The number of amides is 1. The van der Waals surface area contributed by atoms with Crippen molar-refractivity contribution in [2.75, 3.05) is 7.05 Å². The average molecular weight is 251 g/mol. The van der Waals surface area contributed by atoms with Crippen molar-refractivity contribution >= 4 is 6.09 Å². The maximum Gasteiger partial charge on any atom is 0.410 e. The predicted octanol–water partition coefficient (Wildman–Crippen LogP) is 3.32. The van der Waals surface area contributed by atoms with E-state index in [2.05, 4.69) is 0 Å². The second-order valence-corrected chi connectivity index (χ2v) is 5.33. The Bertz CT molecular complexity index is 423. The second-order valence-electron chi connectivity index (χ2n) is 5.33. The average Bonchev–Trinajstić information content (AvgIpc) is 2.25. The van der Waals surface area contributed by atoms with Crippen LogP contribution in [0.2, 0.25) is 0 Å². The van der Waals surface area contributed by atoms with Gasteiger partial charge in [0.15, 0.2) is 0 Å². The van der Waals surface area contributed by atoms with Gasteiger partial charge in [0.1, 0.15) is 11.4 Å². The zero-order valence-electron chi connectivity index (χ0n) is 11.6. The van der Waals surface area contributed by atoms with Crippen LogP contribution in [0.25, 0.3) is 0 Å². The van der Waals surface area contributed by atoms with Crippen molar-refractivity contribution in [1.82, 2.24) is 4.90 Å². The topological polar surface area (TPSA) is 49.8 Å². The molecule has 0 radical (unpaired) electrons. The number of phenolic OH excluding ortho intramolecular Hbond substituents is 1. The molecule has 0 aliphatic carbocycles. The van der Waals surface area contributed by atoms with Crippen LogP contribution in [-0.2, 0) is 4.74 Å². The highest BCUT2D eigenvalue weighted by molar-refractivity contribution is 5.68. The molecule has 4 nitrogen and oxygen atoms in total. The molecule has 100 valence electrons. The van der Waals surface area contributed by atoms with Gasteiger partial charge in [-0.15, -0.1) is 0 Å². The fourth-order valence-electron chi connectivity index (χ4n) is 1.54. The number of carbonyl (C=O) groups excluding carboxylic acids is 1. The molecule has 0 saturated carbocycles. The fraction of sp³-hybridized carbons (Fsp3) is 0.500. The summed E-state index contributed by atoms with van der Waals surface area (Å²) in [5.41, 5.74) is 0.176. The van der Waals surface area contributed by atoms with Crippen molar-refractivity contribution < 1.29 is 14.6 Å². The van der Waals surface area contributed by atoms with E-state index in [0.717, 1.165) is 0 Å². The fourth-order valence-corrected chi connectivity index (χ4v) is 1.54. The van der Waals surface area contributed by atoms with Crippen LogP contribution < -0.4 is 0 Å². The van der Waals surface area contributed by atoms with Crippen LogP contribution in [0, 0.1) is 0 Å². The normalized spacial score (nSPS) is 12.9. The number of benzene rings is 1. The number of aromatic hydroxyl groups is 1. The second kappa shape index (κ2) is 5.29. The molecule has 0 aliphatic rings. The van der Waals surface area contributed by atoms with E-state index >= 15 is 0 Å². The first-order valence-corrected chi connectivity index (χ1v) is 5.96. The quantitative estimate of drug-likeness (QED) is 0.877. The van der Waals surface area contributed by atoms with E-state index in [1.165, 1.54) is 4.90 Å². The van der Waals surface area contributed by atoms with Gasteiger partial charge in [-0.2, -0.15) is 0 Å². The maximum absolute atomic E-state index is 11.9. The largest absolute Gasteiger partial charge is 0.508 e. The molecule has 1 aromatic carbocycles. The molecule has 1 atom stereocenters. The van der Waals surface area contributed by atoms with Crippen molar-refractivity contribution in [3.63, 3.8) is 0 Å². The van der Waals surface area contributed by atoms with Crippen LogP contribution in [0.15, 0.2) is 24.3 Å². The van der Waals surface area contributed by atoms with Gasteiger partial charge in [0, 0.05) is 12.6 Å². The smallest absolute Gasteiger partial charge is 0.410 e. The molecular weight excluding hydrogens is 230 g/mol. The Morgan fingerprint density at radius 1 is 1.33 bits per heavy atom. The van der Waals surface area contributed by atoms with Crippen LogP contribution in [0.1, 0.15) is 39.3 Å². The zero-order chi connectivity index (χ0) is 13.9. The molecule has 1 unspecified atom stereocenters. The number of ether oxygens (including phenoxy) is 1. The molecule has 0 aromatic heterocycles. The Labute approximate surface area is 108 Å². The Hall–Kier alpha value is -1.71. The molecule has 1 rings (SSSR count). The van der Waals surface area contributed by atoms with Gasteiger partial charge in [0.25, 0.3) is 0 Å². The van der Waals surface area contributed by atoms with E-state index in [-0.39, 0.29) is 11.8 Å². The molecule has 0 spiro atoms. The predicted molar refractivity (Wildman–Crippen MR) is 70.5 cm³/mol. The summed E-state index contributed by atoms with van der Waals surface area (Å²) in [5, 5.41) is 9.77. The highest BCUT2D eigenvalue weighted by atomic mass is 16.6. The molecule has 0 bridgehead atoms. The summed E-state index contributed by atoms with van der Waals surface area (Å²) in [7, 11) is 1.66. The van der Waals surface area contributed by atoms with E-state index in [4.69, 9.17) is 4.74 Å².